The second-order valence-electron chi connectivity index (χ2n) is 5.63. The molecule has 0 aliphatic rings. The molecule has 0 bridgehead atoms. The van der Waals surface area contributed by atoms with Gasteiger partial charge in [0.1, 0.15) is 21.4 Å². The molecule has 3 rings (SSSR count). The predicted octanol–water partition coefficient (Wildman–Crippen LogP) is 5.23. The Hall–Kier alpha value is -2.66. The van der Waals surface area contributed by atoms with E-state index in [-0.39, 0.29) is 4.88 Å². The van der Waals surface area contributed by atoms with E-state index in [0.29, 0.717) is 10.7 Å². The number of carboxylic acids is 1. The van der Waals surface area contributed by atoms with Crippen molar-refractivity contribution in [2.75, 3.05) is 0 Å². The highest BCUT2D eigenvalue weighted by molar-refractivity contribution is 7.17. The van der Waals surface area contributed by atoms with Crippen molar-refractivity contribution in [2.24, 2.45) is 0 Å². The van der Waals surface area contributed by atoms with Gasteiger partial charge in [0.05, 0.1) is 5.69 Å². The van der Waals surface area contributed by atoms with Crippen LogP contribution in [0.15, 0.2) is 42.5 Å². The van der Waals surface area contributed by atoms with Gasteiger partial charge in [-0.3, -0.25) is 0 Å². The second-order valence-corrected chi connectivity index (χ2v) is 6.63. The lowest BCUT2D eigenvalue weighted by Crippen LogP contribution is -1.94. The Labute approximate surface area is 144 Å². The fourth-order valence-electron chi connectivity index (χ4n) is 2.42. The average molecular weight is 339 g/mol. The van der Waals surface area contributed by atoms with E-state index in [2.05, 4.69) is 11.1 Å². The number of aromatic nitrogens is 1. The molecule has 0 spiro atoms. The van der Waals surface area contributed by atoms with Gasteiger partial charge >= 0.3 is 5.97 Å². The van der Waals surface area contributed by atoms with Gasteiger partial charge in [-0.05, 0) is 56.7 Å². The maximum atomic E-state index is 11.1. The quantitative estimate of drug-likeness (QED) is 0.707. The first-order valence-electron chi connectivity index (χ1n) is 7.50. The van der Waals surface area contributed by atoms with Crippen LogP contribution in [0.1, 0.15) is 26.5 Å². The molecule has 3 aromatic rings. The zero-order valence-electron chi connectivity index (χ0n) is 13.7. The molecule has 4 nitrogen and oxygen atoms in total. The largest absolute Gasteiger partial charge is 0.477 e. The SMILES string of the molecule is Cc1ccc(Oc2ccc(-c3nc(C)c(C(=O)O)s3)cc2)c(C)c1. The minimum absolute atomic E-state index is 0.278. The van der Waals surface area contributed by atoms with E-state index in [0.717, 1.165) is 22.6 Å². The lowest BCUT2D eigenvalue weighted by atomic mass is 10.1. The third-order valence-electron chi connectivity index (χ3n) is 3.65. The van der Waals surface area contributed by atoms with Crippen LogP contribution in [-0.2, 0) is 0 Å². The molecular formula is C19H17NO3S. The summed E-state index contributed by atoms with van der Waals surface area (Å²) in [6.45, 7) is 5.77. The van der Waals surface area contributed by atoms with Gasteiger partial charge in [-0.1, -0.05) is 17.7 Å². The fourth-order valence-corrected chi connectivity index (χ4v) is 3.34. The number of rotatable bonds is 4. The van der Waals surface area contributed by atoms with Crippen LogP contribution in [0.25, 0.3) is 10.6 Å². The molecule has 1 aromatic heterocycles. The van der Waals surface area contributed by atoms with Crippen molar-refractivity contribution in [1.29, 1.82) is 0 Å². The normalized spacial score (nSPS) is 10.6. The Morgan fingerprint density at radius 2 is 1.79 bits per heavy atom. The van der Waals surface area contributed by atoms with Gasteiger partial charge in [0.15, 0.2) is 0 Å². The summed E-state index contributed by atoms with van der Waals surface area (Å²) < 4.78 is 5.91. The van der Waals surface area contributed by atoms with Gasteiger partial charge in [-0.15, -0.1) is 11.3 Å². The number of ether oxygens (including phenoxy) is 1. The molecule has 24 heavy (non-hydrogen) atoms. The Balaban J connectivity index is 1.83. The third kappa shape index (κ3) is 3.31. The molecule has 1 heterocycles. The minimum Gasteiger partial charge on any atom is -0.477 e. The van der Waals surface area contributed by atoms with Crippen LogP contribution in [0.5, 0.6) is 11.5 Å². The van der Waals surface area contributed by atoms with Gasteiger partial charge in [-0.2, -0.15) is 0 Å². The highest BCUT2D eigenvalue weighted by Crippen LogP contribution is 2.31. The maximum Gasteiger partial charge on any atom is 0.347 e. The monoisotopic (exact) mass is 339 g/mol. The number of aromatic carboxylic acids is 1. The van der Waals surface area contributed by atoms with Crippen LogP contribution in [-0.4, -0.2) is 16.1 Å². The summed E-state index contributed by atoms with van der Waals surface area (Å²) in [7, 11) is 0. The Morgan fingerprint density at radius 1 is 1.08 bits per heavy atom. The minimum atomic E-state index is -0.939. The van der Waals surface area contributed by atoms with E-state index in [1.165, 1.54) is 16.9 Å². The molecule has 1 N–H and O–H groups in total. The average Bonchev–Trinajstić information content (AvgIpc) is 2.93. The summed E-state index contributed by atoms with van der Waals surface area (Å²) in [6, 6.07) is 13.6. The number of nitrogens with zero attached hydrogens (tertiary/aromatic N) is 1. The predicted molar refractivity (Wildman–Crippen MR) is 95.2 cm³/mol. The van der Waals surface area contributed by atoms with Crippen LogP contribution >= 0.6 is 11.3 Å². The van der Waals surface area contributed by atoms with E-state index in [1.807, 2.05) is 50.2 Å². The zero-order valence-corrected chi connectivity index (χ0v) is 14.5. The molecular weight excluding hydrogens is 322 g/mol. The van der Waals surface area contributed by atoms with Crippen molar-refractivity contribution in [3.8, 4) is 22.1 Å². The summed E-state index contributed by atoms with van der Waals surface area (Å²) in [5, 5.41) is 9.83. The number of benzene rings is 2. The van der Waals surface area contributed by atoms with Gasteiger partial charge < -0.3 is 9.84 Å². The van der Waals surface area contributed by atoms with Crippen LogP contribution in [0.4, 0.5) is 0 Å². The van der Waals surface area contributed by atoms with E-state index < -0.39 is 5.97 Å². The van der Waals surface area contributed by atoms with E-state index in [9.17, 15) is 4.79 Å². The molecule has 0 aliphatic heterocycles. The molecule has 122 valence electrons. The maximum absolute atomic E-state index is 11.1. The third-order valence-corrected chi connectivity index (χ3v) is 4.84. The number of hydrogen-bond acceptors (Lipinski definition) is 4. The molecule has 0 unspecified atom stereocenters. The van der Waals surface area contributed by atoms with Crippen LogP contribution in [0.3, 0.4) is 0 Å². The van der Waals surface area contributed by atoms with Crippen LogP contribution < -0.4 is 4.74 Å². The van der Waals surface area contributed by atoms with Crippen molar-refractivity contribution in [3.63, 3.8) is 0 Å². The molecule has 0 saturated carbocycles. The number of thiazole rings is 1. The topological polar surface area (TPSA) is 59.4 Å². The molecule has 2 aromatic carbocycles. The van der Waals surface area contributed by atoms with Crippen LogP contribution in [0, 0.1) is 20.8 Å². The van der Waals surface area contributed by atoms with Crippen molar-refractivity contribution >= 4 is 17.3 Å². The number of carbonyl (C=O) groups is 1. The first-order chi connectivity index (χ1) is 11.4. The van der Waals surface area contributed by atoms with Gasteiger partial charge in [-0.25, -0.2) is 9.78 Å². The summed E-state index contributed by atoms with van der Waals surface area (Å²) >= 11 is 1.18. The number of carboxylic acid groups (broad SMARTS) is 1. The molecule has 0 radical (unpaired) electrons. The Kier molecular flexibility index (Phi) is 4.36. The van der Waals surface area contributed by atoms with Crippen molar-refractivity contribution in [3.05, 3.63) is 64.2 Å². The van der Waals surface area contributed by atoms with Crippen molar-refractivity contribution < 1.29 is 14.6 Å². The first kappa shape index (κ1) is 16.2. The van der Waals surface area contributed by atoms with Gasteiger partial charge in [0.25, 0.3) is 0 Å². The lowest BCUT2D eigenvalue weighted by Gasteiger charge is -2.09. The molecule has 0 fully saturated rings. The standard InChI is InChI=1S/C19H17NO3S/c1-11-4-9-16(12(2)10-11)23-15-7-5-14(6-8-15)18-20-13(3)17(24-18)19(21)22/h4-10H,1-3H3,(H,21,22). The Morgan fingerprint density at radius 3 is 2.38 bits per heavy atom. The summed E-state index contributed by atoms with van der Waals surface area (Å²) in [5.41, 5.74) is 3.70. The van der Waals surface area contributed by atoms with E-state index >= 15 is 0 Å². The molecule has 5 heteroatoms. The highest BCUT2D eigenvalue weighted by atomic mass is 32.1. The Bertz CT molecular complexity index is 897. The zero-order chi connectivity index (χ0) is 17.3. The summed E-state index contributed by atoms with van der Waals surface area (Å²) in [4.78, 5) is 15.7. The van der Waals surface area contributed by atoms with E-state index in [1.54, 1.807) is 6.92 Å². The number of aryl methyl sites for hydroxylation is 3. The fraction of sp³-hybridized carbons (Fsp3) is 0.158. The molecule has 0 aliphatic carbocycles. The molecule has 0 amide bonds. The lowest BCUT2D eigenvalue weighted by molar-refractivity contribution is 0.0701. The van der Waals surface area contributed by atoms with Gasteiger partial charge in [0.2, 0.25) is 0 Å². The van der Waals surface area contributed by atoms with Crippen molar-refractivity contribution in [1.82, 2.24) is 4.98 Å². The van der Waals surface area contributed by atoms with Gasteiger partial charge in [0, 0.05) is 5.56 Å². The molecule has 0 saturated heterocycles. The summed E-state index contributed by atoms with van der Waals surface area (Å²) in [5.74, 6) is 0.620. The van der Waals surface area contributed by atoms with E-state index in [4.69, 9.17) is 9.84 Å². The summed E-state index contributed by atoms with van der Waals surface area (Å²) in [6.07, 6.45) is 0. The highest BCUT2D eigenvalue weighted by Gasteiger charge is 2.15. The van der Waals surface area contributed by atoms with Crippen molar-refractivity contribution in [2.45, 2.75) is 20.8 Å². The second kappa shape index (κ2) is 6.45. The smallest absolute Gasteiger partial charge is 0.347 e. The number of hydrogen-bond donors (Lipinski definition) is 1. The first-order valence-corrected chi connectivity index (χ1v) is 8.32. The molecule has 0 atom stereocenters. The van der Waals surface area contributed by atoms with Crippen LogP contribution in [0.2, 0.25) is 0 Å².